The van der Waals surface area contributed by atoms with Crippen molar-refractivity contribution in [2.24, 2.45) is 0 Å². The van der Waals surface area contributed by atoms with Crippen molar-refractivity contribution >= 4 is 5.69 Å². The number of anilines is 1. The molecule has 0 saturated heterocycles. The number of rotatable bonds is 4. The van der Waals surface area contributed by atoms with Crippen molar-refractivity contribution in [2.75, 3.05) is 12.8 Å². The van der Waals surface area contributed by atoms with Crippen LogP contribution in [0, 0.1) is 13.0 Å². The Morgan fingerprint density at radius 1 is 1.04 bits per heavy atom. The van der Waals surface area contributed by atoms with Crippen molar-refractivity contribution in [2.45, 2.75) is 6.92 Å². The van der Waals surface area contributed by atoms with Crippen LogP contribution in [-0.2, 0) is 0 Å². The van der Waals surface area contributed by atoms with Crippen LogP contribution < -0.4 is 15.2 Å². The normalized spacial score (nSPS) is 10.3. The highest BCUT2D eigenvalue weighted by atomic mass is 16.5. The molecular formula is C18H16N3O2. The summed E-state index contributed by atoms with van der Waals surface area (Å²) in [6.07, 6.45) is 1.65. The van der Waals surface area contributed by atoms with E-state index in [-0.39, 0.29) is 6.01 Å². The Bertz CT molecular complexity index is 817. The molecule has 5 nitrogen and oxygen atoms in total. The topological polar surface area (TPSA) is 70.3 Å². The van der Waals surface area contributed by atoms with Crippen LogP contribution >= 0.6 is 0 Å². The molecule has 5 heteroatoms. The van der Waals surface area contributed by atoms with Crippen LogP contribution in [-0.4, -0.2) is 17.1 Å². The van der Waals surface area contributed by atoms with E-state index in [1.54, 1.807) is 19.4 Å². The average Bonchev–Trinajstić information content (AvgIpc) is 2.55. The monoisotopic (exact) mass is 306 g/mol. The zero-order valence-electron chi connectivity index (χ0n) is 12.9. The Morgan fingerprint density at radius 2 is 1.83 bits per heavy atom. The van der Waals surface area contributed by atoms with Gasteiger partial charge in [0.15, 0.2) is 11.5 Å². The summed E-state index contributed by atoms with van der Waals surface area (Å²) in [7, 11) is 1.58. The van der Waals surface area contributed by atoms with Gasteiger partial charge in [-0.25, -0.2) is 9.97 Å². The zero-order valence-corrected chi connectivity index (χ0v) is 12.9. The molecule has 115 valence electrons. The molecule has 0 amide bonds. The van der Waals surface area contributed by atoms with Gasteiger partial charge in [-0.15, -0.1) is 0 Å². The Balaban J connectivity index is 1.97. The number of methoxy groups -OCH3 is 1. The minimum Gasteiger partial charge on any atom is -0.493 e. The maximum atomic E-state index is 5.74. The van der Waals surface area contributed by atoms with E-state index < -0.39 is 0 Å². The molecular weight excluding hydrogens is 290 g/mol. The molecule has 3 aromatic rings. The lowest BCUT2D eigenvalue weighted by molar-refractivity contribution is 0.367. The van der Waals surface area contributed by atoms with E-state index in [4.69, 9.17) is 15.2 Å². The number of hydrogen-bond donors (Lipinski definition) is 1. The lowest BCUT2D eigenvalue weighted by Crippen LogP contribution is -1.96. The fourth-order valence-electron chi connectivity index (χ4n) is 2.09. The summed E-state index contributed by atoms with van der Waals surface area (Å²) in [4.78, 5) is 8.33. The second-order valence-corrected chi connectivity index (χ2v) is 4.97. The van der Waals surface area contributed by atoms with E-state index in [9.17, 15) is 0 Å². The van der Waals surface area contributed by atoms with Gasteiger partial charge in [-0.05, 0) is 48.4 Å². The average molecular weight is 306 g/mol. The van der Waals surface area contributed by atoms with Gasteiger partial charge in [0.1, 0.15) is 0 Å². The van der Waals surface area contributed by atoms with Gasteiger partial charge in [-0.3, -0.25) is 0 Å². The number of nitrogens with zero attached hydrogens (tertiary/aromatic N) is 2. The minimum atomic E-state index is 0.258. The van der Waals surface area contributed by atoms with Crippen LogP contribution in [0.4, 0.5) is 5.69 Å². The summed E-state index contributed by atoms with van der Waals surface area (Å²) in [5.74, 6) is 1.00. The van der Waals surface area contributed by atoms with Crippen LogP contribution in [0.3, 0.4) is 0 Å². The van der Waals surface area contributed by atoms with E-state index in [2.05, 4.69) is 16.0 Å². The van der Waals surface area contributed by atoms with Gasteiger partial charge in [0, 0.05) is 23.6 Å². The summed E-state index contributed by atoms with van der Waals surface area (Å²) in [5, 5.41) is 0. The molecule has 0 aliphatic carbocycles. The SMILES string of the molecule is COc1ccc(-c2ccc(N)cc2)[c]c1Oc1nccc(C)n1. The largest absolute Gasteiger partial charge is 0.493 e. The molecule has 0 atom stereocenters. The number of benzene rings is 2. The molecule has 2 aromatic carbocycles. The number of hydrogen-bond acceptors (Lipinski definition) is 5. The lowest BCUT2D eigenvalue weighted by Gasteiger charge is -2.11. The smallest absolute Gasteiger partial charge is 0.322 e. The third-order valence-electron chi connectivity index (χ3n) is 3.28. The molecule has 1 radical (unpaired) electrons. The number of aromatic nitrogens is 2. The van der Waals surface area contributed by atoms with E-state index in [1.807, 2.05) is 43.3 Å². The van der Waals surface area contributed by atoms with E-state index in [0.29, 0.717) is 17.2 Å². The molecule has 0 aliphatic heterocycles. The van der Waals surface area contributed by atoms with Gasteiger partial charge in [0.2, 0.25) is 0 Å². The number of aryl methyl sites for hydroxylation is 1. The fraction of sp³-hybridized carbons (Fsp3) is 0.111. The third kappa shape index (κ3) is 3.40. The van der Waals surface area contributed by atoms with Gasteiger partial charge in [-0.1, -0.05) is 12.1 Å². The highest BCUT2D eigenvalue weighted by molar-refractivity contribution is 5.68. The molecule has 0 saturated carbocycles. The second kappa shape index (κ2) is 6.36. The maximum Gasteiger partial charge on any atom is 0.322 e. The molecule has 0 aliphatic rings. The fourth-order valence-corrected chi connectivity index (χ4v) is 2.09. The van der Waals surface area contributed by atoms with Gasteiger partial charge in [0.05, 0.1) is 7.11 Å². The first-order valence-electron chi connectivity index (χ1n) is 7.09. The van der Waals surface area contributed by atoms with Crippen LogP contribution in [0.15, 0.2) is 48.7 Å². The predicted octanol–water partition coefficient (Wildman–Crippen LogP) is 3.64. The van der Waals surface area contributed by atoms with Gasteiger partial charge < -0.3 is 15.2 Å². The minimum absolute atomic E-state index is 0.258. The van der Waals surface area contributed by atoms with Crippen LogP contribution in [0.25, 0.3) is 11.1 Å². The van der Waals surface area contributed by atoms with E-state index in [1.165, 1.54) is 0 Å². The summed E-state index contributed by atoms with van der Waals surface area (Å²) < 4.78 is 11.1. The molecule has 1 aromatic heterocycles. The van der Waals surface area contributed by atoms with Crippen LogP contribution in [0.1, 0.15) is 5.69 Å². The Kier molecular flexibility index (Phi) is 4.10. The molecule has 23 heavy (non-hydrogen) atoms. The molecule has 0 bridgehead atoms. The van der Waals surface area contributed by atoms with Crippen LogP contribution in [0.2, 0.25) is 0 Å². The third-order valence-corrected chi connectivity index (χ3v) is 3.28. The first-order valence-corrected chi connectivity index (χ1v) is 7.09. The quantitative estimate of drug-likeness (QED) is 0.745. The molecule has 2 N–H and O–H groups in total. The summed E-state index contributed by atoms with van der Waals surface area (Å²) in [6, 6.07) is 16.6. The number of nitrogens with two attached hydrogens (primary N) is 1. The summed E-state index contributed by atoms with van der Waals surface area (Å²) in [5.41, 5.74) is 9.11. The Hall–Kier alpha value is -3.08. The first kappa shape index (κ1) is 14.8. The number of ether oxygens (including phenoxy) is 2. The summed E-state index contributed by atoms with van der Waals surface area (Å²) >= 11 is 0. The molecule has 0 spiro atoms. The van der Waals surface area contributed by atoms with Crippen molar-refractivity contribution in [1.82, 2.24) is 9.97 Å². The highest BCUT2D eigenvalue weighted by Crippen LogP contribution is 2.34. The Morgan fingerprint density at radius 3 is 2.52 bits per heavy atom. The zero-order chi connectivity index (χ0) is 16.2. The van der Waals surface area contributed by atoms with Crippen molar-refractivity contribution in [1.29, 1.82) is 0 Å². The van der Waals surface area contributed by atoms with Crippen LogP contribution in [0.5, 0.6) is 17.5 Å². The second-order valence-electron chi connectivity index (χ2n) is 4.97. The van der Waals surface area contributed by atoms with E-state index in [0.717, 1.165) is 16.8 Å². The highest BCUT2D eigenvalue weighted by Gasteiger charge is 2.10. The maximum absolute atomic E-state index is 5.74. The lowest BCUT2D eigenvalue weighted by atomic mass is 10.0. The summed E-state index contributed by atoms with van der Waals surface area (Å²) in [6.45, 7) is 1.88. The predicted molar refractivity (Wildman–Crippen MR) is 88.5 cm³/mol. The van der Waals surface area contributed by atoms with Crippen molar-refractivity contribution in [3.63, 3.8) is 0 Å². The first-order chi connectivity index (χ1) is 11.2. The molecule has 0 unspecified atom stereocenters. The van der Waals surface area contributed by atoms with Gasteiger partial charge in [-0.2, -0.15) is 0 Å². The van der Waals surface area contributed by atoms with Crippen molar-refractivity contribution < 1.29 is 9.47 Å². The molecule has 3 rings (SSSR count). The van der Waals surface area contributed by atoms with Gasteiger partial charge >= 0.3 is 6.01 Å². The van der Waals surface area contributed by atoms with Crippen molar-refractivity contribution in [3.05, 3.63) is 60.4 Å². The van der Waals surface area contributed by atoms with E-state index >= 15 is 0 Å². The number of nitrogen functional groups attached to an aromatic ring is 1. The van der Waals surface area contributed by atoms with Crippen molar-refractivity contribution in [3.8, 4) is 28.6 Å². The Labute approximate surface area is 134 Å². The standard InChI is InChI=1S/C18H16N3O2/c1-12-9-10-20-18(21-12)23-17-11-14(5-8-16(17)22-2)13-3-6-15(19)7-4-13/h3-10H,19H2,1-2H3. The molecule has 0 fully saturated rings. The molecule has 1 heterocycles. The van der Waals surface area contributed by atoms with Gasteiger partial charge in [0.25, 0.3) is 0 Å².